The van der Waals surface area contributed by atoms with Crippen molar-refractivity contribution >= 4 is 23.3 Å². The van der Waals surface area contributed by atoms with Crippen molar-refractivity contribution in [2.45, 2.75) is 0 Å². The maximum Gasteiger partial charge on any atom is 0.0738 e. The summed E-state index contributed by atoms with van der Waals surface area (Å²) in [4.78, 5) is 0. The molecular formula is C5H9N3S. The first-order valence-electron chi connectivity index (χ1n) is 2.51. The molecule has 0 radical (unpaired) electrons. The molecule has 1 aromatic heterocycles. The average molecular weight is 143 g/mol. The molecular weight excluding hydrogens is 134 g/mol. The topological polar surface area (TPSA) is 57.0 Å². The maximum atomic E-state index is 5.46. The van der Waals surface area contributed by atoms with Crippen LogP contribution in [-0.2, 0) is 0 Å². The summed E-state index contributed by atoms with van der Waals surface area (Å²) in [5.41, 5.74) is 12.2. The number of nitrogen functional groups attached to an aromatic ring is 2. The Labute approximate surface area is 58.2 Å². The van der Waals surface area contributed by atoms with Crippen LogP contribution in [0.1, 0.15) is 0 Å². The monoisotopic (exact) mass is 143 g/mol. The average Bonchev–Trinajstić information content (AvgIpc) is 2.13. The maximum absolute atomic E-state index is 5.46. The lowest BCUT2D eigenvalue weighted by Gasteiger charge is -1.89. The molecule has 0 atom stereocenters. The van der Waals surface area contributed by atoms with E-state index in [1.165, 1.54) is 0 Å². The molecule has 0 saturated heterocycles. The molecule has 50 valence electrons. The highest BCUT2D eigenvalue weighted by atomic mass is 32.2. The van der Waals surface area contributed by atoms with Gasteiger partial charge in [-0.15, -0.1) is 0 Å². The lowest BCUT2D eigenvalue weighted by atomic mass is 10.5. The molecule has 0 aliphatic carbocycles. The van der Waals surface area contributed by atoms with Crippen LogP contribution in [0.3, 0.4) is 0 Å². The Kier molecular flexibility index (Phi) is 1.57. The van der Waals surface area contributed by atoms with Crippen LogP contribution < -0.4 is 11.5 Å². The van der Waals surface area contributed by atoms with E-state index in [9.17, 15) is 0 Å². The van der Waals surface area contributed by atoms with Gasteiger partial charge in [0, 0.05) is 18.6 Å². The van der Waals surface area contributed by atoms with Gasteiger partial charge in [-0.05, 0) is 11.9 Å². The van der Waals surface area contributed by atoms with Gasteiger partial charge < -0.3 is 11.5 Å². The van der Waals surface area contributed by atoms with Crippen molar-refractivity contribution in [1.82, 2.24) is 3.97 Å². The molecule has 4 N–H and O–H groups in total. The van der Waals surface area contributed by atoms with E-state index in [0.717, 1.165) is 0 Å². The Morgan fingerprint density at radius 3 is 2.00 bits per heavy atom. The van der Waals surface area contributed by atoms with E-state index in [0.29, 0.717) is 11.4 Å². The summed E-state index contributed by atoms with van der Waals surface area (Å²) in [6.07, 6.45) is 5.54. The van der Waals surface area contributed by atoms with E-state index in [1.54, 1.807) is 24.3 Å². The smallest absolute Gasteiger partial charge is 0.0738 e. The molecule has 0 aliphatic heterocycles. The summed E-state index contributed by atoms with van der Waals surface area (Å²) in [7, 11) is 0. The Morgan fingerprint density at radius 1 is 1.33 bits per heavy atom. The molecule has 0 fully saturated rings. The molecule has 0 unspecified atom stereocenters. The first kappa shape index (κ1) is 6.35. The predicted molar refractivity (Wildman–Crippen MR) is 42.2 cm³/mol. The summed E-state index contributed by atoms with van der Waals surface area (Å²) < 4.78 is 1.87. The van der Waals surface area contributed by atoms with E-state index in [2.05, 4.69) is 0 Å². The number of rotatable bonds is 1. The molecule has 3 nitrogen and oxygen atoms in total. The second kappa shape index (κ2) is 2.23. The van der Waals surface area contributed by atoms with Crippen LogP contribution in [0.4, 0.5) is 11.4 Å². The number of anilines is 2. The fourth-order valence-electron chi connectivity index (χ4n) is 0.566. The molecule has 0 aliphatic rings. The van der Waals surface area contributed by atoms with Crippen molar-refractivity contribution in [3.05, 3.63) is 12.4 Å². The Balaban J connectivity index is 2.98. The van der Waals surface area contributed by atoms with Gasteiger partial charge in [0.05, 0.1) is 11.4 Å². The number of nitrogens with two attached hydrogens (primary N) is 2. The van der Waals surface area contributed by atoms with Crippen LogP contribution in [0.15, 0.2) is 12.4 Å². The summed E-state index contributed by atoms with van der Waals surface area (Å²) in [5.74, 6) is 0. The third kappa shape index (κ3) is 1.13. The first-order valence-corrected chi connectivity index (χ1v) is 3.69. The van der Waals surface area contributed by atoms with Crippen LogP contribution >= 0.6 is 11.9 Å². The van der Waals surface area contributed by atoms with E-state index < -0.39 is 0 Å². The molecule has 0 amide bonds. The Morgan fingerprint density at radius 2 is 1.78 bits per heavy atom. The first-order chi connectivity index (χ1) is 4.24. The summed E-state index contributed by atoms with van der Waals surface area (Å²) >= 11 is 1.56. The Bertz CT molecular complexity index is 186. The molecule has 0 saturated carbocycles. The van der Waals surface area contributed by atoms with E-state index in [1.807, 2.05) is 10.2 Å². The zero-order valence-electron chi connectivity index (χ0n) is 5.16. The third-order valence-electron chi connectivity index (χ3n) is 1.08. The minimum atomic E-state index is 0.643. The van der Waals surface area contributed by atoms with Gasteiger partial charge in [0.25, 0.3) is 0 Å². The van der Waals surface area contributed by atoms with Gasteiger partial charge in [0.2, 0.25) is 0 Å². The molecule has 0 spiro atoms. The summed E-state index contributed by atoms with van der Waals surface area (Å²) in [6, 6.07) is 0. The Hall–Kier alpha value is -0.770. The fraction of sp³-hybridized carbons (Fsp3) is 0.200. The number of aromatic nitrogens is 1. The largest absolute Gasteiger partial charge is 0.396 e. The second-order valence-electron chi connectivity index (χ2n) is 1.71. The van der Waals surface area contributed by atoms with E-state index >= 15 is 0 Å². The van der Waals surface area contributed by atoms with Crippen LogP contribution in [0, 0.1) is 0 Å². The van der Waals surface area contributed by atoms with Crippen LogP contribution in [0.5, 0.6) is 0 Å². The van der Waals surface area contributed by atoms with Crippen molar-refractivity contribution < 1.29 is 0 Å². The molecule has 0 aromatic carbocycles. The van der Waals surface area contributed by atoms with Gasteiger partial charge in [-0.3, -0.25) is 3.97 Å². The summed E-state index contributed by atoms with van der Waals surface area (Å²) in [5, 5.41) is 0. The van der Waals surface area contributed by atoms with Crippen molar-refractivity contribution in [1.29, 1.82) is 0 Å². The second-order valence-corrected chi connectivity index (χ2v) is 2.50. The van der Waals surface area contributed by atoms with Gasteiger partial charge in [-0.2, -0.15) is 0 Å². The van der Waals surface area contributed by atoms with E-state index in [-0.39, 0.29) is 0 Å². The fourth-order valence-corrected chi connectivity index (χ4v) is 1.00. The normalized spacial score (nSPS) is 9.89. The zero-order valence-corrected chi connectivity index (χ0v) is 5.98. The molecule has 9 heavy (non-hydrogen) atoms. The lowest BCUT2D eigenvalue weighted by molar-refractivity contribution is 1.30. The van der Waals surface area contributed by atoms with Crippen molar-refractivity contribution in [3.63, 3.8) is 0 Å². The van der Waals surface area contributed by atoms with Gasteiger partial charge in [0.15, 0.2) is 0 Å². The third-order valence-corrected chi connectivity index (χ3v) is 1.71. The van der Waals surface area contributed by atoms with Gasteiger partial charge in [-0.25, -0.2) is 0 Å². The van der Waals surface area contributed by atoms with E-state index in [4.69, 9.17) is 11.5 Å². The van der Waals surface area contributed by atoms with Crippen molar-refractivity contribution in [3.8, 4) is 0 Å². The summed E-state index contributed by atoms with van der Waals surface area (Å²) in [6.45, 7) is 0. The van der Waals surface area contributed by atoms with Crippen LogP contribution in [0.2, 0.25) is 0 Å². The highest BCUT2D eigenvalue weighted by molar-refractivity contribution is 7.97. The number of hydrogen-bond acceptors (Lipinski definition) is 3. The molecule has 4 heteroatoms. The van der Waals surface area contributed by atoms with Gasteiger partial charge in [0.1, 0.15) is 0 Å². The van der Waals surface area contributed by atoms with Crippen molar-refractivity contribution in [2.24, 2.45) is 0 Å². The quantitative estimate of drug-likeness (QED) is 0.610. The van der Waals surface area contributed by atoms with Crippen LogP contribution in [-0.4, -0.2) is 10.2 Å². The highest BCUT2D eigenvalue weighted by Gasteiger charge is 1.95. The number of hydrogen-bond donors (Lipinski definition) is 2. The minimum absolute atomic E-state index is 0.643. The van der Waals surface area contributed by atoms with Gasteiger partial charge >= 0.3 is 0 Å². The molecule has 1 aromatic rings. The molecule has 0 bridgehead atoms. The zero-order chi connectivity index (χ0) is 6.85. The standard InChI is InChI=1S/C5H9N3S/c1-9-8-2-4(6)5(7)3-8/h2-3H,6-7H2,1H3. The minimum Gasteiger partial charge on any atom is -0.396 e. The molecule has 1 rings (SSSR count). The number of nitrogens with zero attached hydrogens (tertiary/aromatic N) is 1. The molecule has 1 heterocycles. The highest BCUT2D eigenvalue weighted by Crippen LogP contribution is 2.17. The lowest BCUT2D eigenvalue weighted by Crippen LogP contribution is -1.87. The SMILES string of the molecule is CSn1cc(N)c(N)c1. The van der Waals surface area contributed by atoms with Crippen molar-refractivity contribution in [2.75, 3.05) is 17.7 Å². The van der Waals surface area contributed by atoms with Gasteiger partial charge in [-0.1, -0.05) is 0 Å². The predicted octanol–water partition coefficient (Wildman–Crippen LogP) is 0.779. The van der Waals surface area contributed by atoms with Crippen LogP contribution in [0.25, 0.3) is 0 Å².